The molecule has 0 aliphatic rings. The van der Waals surface area contributed by atoms with E-state index in [2.05, 4.69) is 15.0 Å². The molecule has 0 saturated heterocycles. The third-order valence-corrected chi connectivity index (χ3v) is 4.09. The van der Waals surface area contributed by atoms with E-state index in [-0.39, 0.29) is 17.0 Å². The standard InChI is InChI=1S/C19H12N4O3.C2H6/c24-18(12-3-1-5-15(7-12)23(25)26)17-11-22-19-16(17)8-14(10-21-19)13-4-2-6-20-9-13;1-2/h1-11H,(H,21,22);1-2H3. The number of aromatic amines is 1. The van der Waals surface area contributed by atoms with Crippen LogP contribution >= 0.6 is 0 Å². The quantitative estimate of drug-likeness (QED) is 0.314. The Morgan fingerprint density at radius 2 is 1.89 bits per heavy atom. The van der Waals surface area contributed by atoms with E-state index in [0.717, 1.165) is 11.1 Å². The number of aromatic nitrogens is 3. The smallest absolute Gasteiger partial charge is 0.270 e. The van der Waals surface area contributed by atoms with Crippen molar-refractivity contribution in [2.75, 3.05) is 0 Å². The van der Waals surface area contributed by atoms with E-state index in [4.69, 9.17) is 0 Å². The monoisotopic (exact) mass is 374 g/mol. The first-order valence-corrected chi connectivity index (χ1v) is 8.80. The van der Waals surface area contributed by atoms with Gasteiger partial charge in [-0.15, -0.1) is 0 Å². The number of carbonyl (C=O) groups excluding carboxylic acids is 1. The minimum absolute atomic E-state index is 0.120. The summed E-state index contributed by atoms with van der Waals surface area (Å²) < 4.78 is 0. The van der Waals surface area contributed by atoms with Gasteiger partial charge in [-0.25, -0.2) is 4.98 Å². The number of H-pyrrole nitrogens is 1. The van der Waals surface area contributed by atoms with E-state index in [1.165, 1.54) is 18.2 Å². The zero-order valence-electron chi connectivity index (χ0n) is 15.4. The number of hydrogen-bond donors (Lipinski definition) is 1. The number of carbonyl (C=O) groups is 1. The molecule has 0 bridgehead atoms. The van der Waals surface area contributed by atoms with Crippen molar-refractivity contribution in [3.8, 4) is 11.1 Å². The van der Waals surface area contributed by atoms with Crippen LogP contribution < -0.4 is 0 Å². The van der Waals surface area contributed by atoms with Crippen molar-refractivity contribution in [3.05, 3.63) is 88.5 Å². The van der Waals surface area contributed by atoms with Gasteiger partial charge in [0.1, 0.15) is 5.65 Å². The average molecular weight is 374 g/mol. The zero-order chi connectivity index (χ0) is 20.1. The fourth-order valence-electron chi connectivity index (χ4n) is 2.80. The van der Waals surface area contributed by atoms with Gasteiger partial charge in [-0.3, -0.25) is 19.9 Å². The van der Waals surface area contributed by atoms with Gasteiger partial charge in [0.2, 0.25) is 0 Å². The first-order chi connectivity index (χ1) is 13.6. The van der Waals surface area contributed by atoms with Crippen LogP contribution in [0.25, 0.3) is 22.2 Å². The van der Waals surface area contributed by atoms with Crippen molar-refractivity contribution in [2.45, 2.75) is 13.8 Å². The van der Waals surface area contributed by atoms with Crippen LogP contribution in [-0.4, -0.2) is 25.7 Å². The molecule has 7 heteroatoms. The Morgan fingerprint density at radius 3 is 2.61 bits per heavy atom. The molecule has 4 aromatic rings. The predicted octanol–water partition coefficient (Wildman–Crippen LogP) is 4.79. The summed E-state index contributed by atoms with van der Waals surface area (Å²) in [6.45, 7) is 4.00. The fourth-order valence-corrected chi connectivity index (χ4v) is 2.80. The lowest BCUT2D eigenvalue weighted by Crippen LogP contribution is -2.01. The maximum absolute atomic E-state index is 12.9. The molecule has 0 amide bonds. The third-order valence-electron chi connectivity index (χ3n) is 4.09. The Labute approximate surface area is 161 Å². The van der Waals surface area contributed by atoms with Crippen molar-refractivity contribution in [1.29, 1.82) is 0 Å². The summed E-state index contributed by atoms with van der Waals surface area (Å²) in [5, 5.41) is 11.6. The number of benzene rings is 1. The lowest BCUT2D eigenvalue weighted by atomic mass is 10.0. The molecule has 0 saturated carbocycles. The van der Waals surface area contributed by atoms with Gasteiger partial charge >= 0.3 is 0 Å². The van der Waals surface area contributed by atoms with E-state index in [9.17, 15) is 14.9 Å². The van der Waals surface area contributed by atoms with Crippen molar-refractivity contribution >= 4 is 22.5 Å². The lowest BCUT2D eigenvalue weighted by Gasteiger charge is -2.03. The number of nitrogens with zero attached hydrogens (tertiary/aromatic N) is 3. The highest BCUT2D eigenvalue weighted by Crippen LogP contribution is 2.26. The number of nitro groups is 1. The maximum Gasteiger partial charge on any atom is 0.270 e. The van der Waals surface area contributed by atoms with Crippen LogP contribution in [-0.2, 0) is 0 Å². The molecule has 1 aromatic carbocycles. The molecule has 4 rings (SSSR count). The summed E-state index contributed by atoms with van der Waals surface area (Å²) in [7, 11) is 0. The number of nitro benzene ring substituents is 1. The average Bonchev–Trinajstić information content (AvgIpc) is 3.18. The van der Waals surface area contributed by atoms with Crippen molar-refractivity contribution in [2.24, 2.45) is 0 Å². The minimum atomic E-state index is -0.520. The first-order valence-electron chi connectivity index (χ1n) is 8.80. The van der Waals surface area contributed by atoms with Crippen LogP contribution in [0.15, 0.2) is 67.3 Å². The summed E-state index contributed by atoms with van der Waals surface area (Å²) in [5.74, 6) is -0.301. The van der Waals surface area contributed by atoms with Gasteiger partial charge in [0.25, 0.3) is 5.69 Å². The van der Waals surface area contributed by atoms with Crippen molar-refractivity contribution < 1.29 is 9.72 Å². The van der Waals surface area contributed by atoms with E-state index >= 15 is 0 Å². The topological polar surface area (TPSA) is 102 Å². The molecular weight excluding hydrogens is 356 g/mol. The normalized spacial score (nSPS) is 10.2. The molecule has 0 spiro atoms. The Balaban J connectivity index is 0.00000109. The molecular formula is C21H18N4O3. The number of ketones is 1. The minimum Gasteiger partial charge on any atom is -0.345 e. The molecule has 0 fully saturated rings. The molecule has 28 heavy (non-hydrogen) atoms. The predicted molar refractivity (Wildman–Crippen MR) is 107 cm³/mol. The molecule has 7 nitrogen and oxygen atoms in total. The SMILES string of the molecule is CC.O=C(c1cccc([N+](=O)[O-])c1)c1c[nH]c2ncc(-c3cccnc3)cc12. The summed E-state index contributed by atoms with van der Waals surface area (Å²) in [4.78, 5) is 34.7. The van der Waals surface area contributed by atoms with E-state index in [0.29, 0.717) is 16.6 Å². The summed E-state index contributed by atoms with van der Waals surface area (Å²) in [6.07, 6.45) is 6.68. The van der Waals surface area contributed by atoms with Crippen LogP contribution in [0.5, 0.6) is 0 Å². The largest absolute Gasteiger partial charge is 0.345 e. The van der Waals surface area contributed by atoms with Gasteiger partial charge in [-0.05, 0) is 12.1 Å². The second-order valence-electron chi connectivity index (χ2n) is 5.70. The van der Waals surface area contributed by atoms with E-state index in [1.54, 1.807) is 30.9 Å². The molecule has 3 heterocycles. The Kier molecular flexibility index (Phi) is 5.55. The Bertz CT molecular complexity index is 1140. The van der Waals surface area contributed by atoms with Gasteiger partial charge < -0.3 is 4.98 Å². The number of pyridine rings is 2. The molecule has 0 radical (unpaired) electrons. The van der Waals surface area contributed by atoms with Crippen LogP contribution in [0, 0.1) is 10.1 Å². The molecule has 0 aliphatic heterocycles. The van der Waals surface area contributed by atoms with Crippen LogP contribution in [0.4, 0.5) is 5.69 Å². The maximum atomic E-state index is 12.9. The summed E-state index contributed by atoms with van der Waals surface area (Å²) in [5.41, 5.74) is 2.84. The highest BCUT2D eigenvalue weighted by atomic mass is 16.6. The number of fused-ring (bicyclic) bond motifs is 1. The van der Waals surface area contributed by atoms with Crippen LogP contribution in [0.3, 0.4) is 0 Å². The van der Waals surface area contributed by atoms with Crippen LogP contribution in [0.2, 0.25) is 0 Å². The van der Waals surface area contributed by atoms with Crippen molar-refractivity contribution in [3.63, 3.8) is 0 Å². The molecule has 3 aromatic heterocycles. The molecule has 0 unspecified atom stereocenters. The third kappa shape index (κ3) is 3.64. The highest BCUT2D eigenvalue weighted by Gasteiger charge is 2.18. The molecule has 0 aliphatic carbocycles. The second kappa shape index (κ2) is 8.22. The van der Waals surface area contributed by atoms with Crippen LogP contribution in [0.1, 0.15) is 29.8 Å². The zero-order valence-corrected chi connectivity index (χ0v) is 15.4. The van der Waals surface area contributed by atoms with E-state index in [1.807, 2.05) is 32.0 Å². The summed E-state index contributed by atoms with van der Waals surface area (Å²) >= 11 is 0. The van der Waals surface area contributed by atoms with Gasteiger partial charge in [0.05, 0.1) is 4.92 Å². The van der Waals surface area contributed by atoms with Gasteiger partial charge in [0, 0.05) is 64.6 Å². The van der Waals surface area contributed by atoms with Crippen molar-refractivity contribution in [1.82, 2.24) is 15.0 Å². The lowest BCUT2D eigenvalue weighted by molar-refractivity contribution is -0.384. The fraction of sp³-hybridized carbons (Fsp3) is 0.0952. The Morgan fingerprint density at radius 1 is 1.07 bits per heavy atom. The van der Waals surface area contributed by atoms with E-state index < -0.39 is 4.92 Å². The van der Waals surface area contributed by atoms with Gasteiger partial charge in [-0.2, -0.15) is 0 Å². The second-order valence-corrected chi connectivity index (χ2v) is 5.70. The first kappa shape index (κ1) is 18.9. The highest BCUT2D eigenvalue weighted by molar-refractivity contribution is 6.16. The Hall–Kier alpha value is -3.87. The number of nitrogens with one attached hydrogen (secondary N) is 1. The molecule has 1 N–H and O–H groups in total. The number of non-ortho nitro benzene ring substituents is 1. The summed E-state index contributed by atoms with van der Waals surface area (Å²) in [6, 6.07) is 11.3. The van der Waals surface area contributed by atoms with Gasteiger partial charge in [0.15, 0.2) is 5.78 Å². The van der Waals surface area contributed by atoms with Gasteiger partial charge in [-0.1, -0.05) is 32.0 Å². The molecule has 140 valence electrons. The molecule has 0 atom stereocenters. The number of rotatable bonds is 4. The number of hydrogen-bond acceptors (Lipinski definition) is 5.